The molecule has 0 radical (unpaired) electrons. The Kier molecular flexibility index (Phi) is 4.58. The van der Waals surface area contributed by atoms with E-state index in [0.29, 0.717) is 12.2 Å². The van der Waals surface area contributed by atoms with E-state index in [-0.39, 0.29) is 0 Å². The maximum Gasteiger partial charge on any atom is 0.335 e. The zero-order chi connectivity index (χ0) is 13.7. The minimum absolute atomic E-state index is 0.324. The van der Waals surface area contributed by atoms with Crippen LogP contribution in [0.5, 0.6) is 0 Å². The lowest BCUT2D eigenvalue weighted by molar-refractivity contribution is 0.0697. The molecule has 0 fully saturated rings. The van der Waals surface area contributed by atoms with Crippen LogP contribution in [0.4, 0.5) is 0 Å². The first-order chi connectivity index (χ1) is 9.22. The van der Waals surface area contributed by atoms with Gasteiger partial charge in [-0.2, -0.15) is 0 Å². The van der Waals surface area contributed by atoms with E-state index in [1.54, 1.807) is 12.1 Å². The molecule has 0 amide bonds. The van der Waals surface area contributed by atoms with Crippen molar-refractivity contribution in [3.63, 3.8) is 0 Å². The van der Waals surface area contributed by atoms with Gasteiger partial charge in [0.1, 0.15) is 0 Å². The van der Waals surface area contributed by atoms with Crippen LogP contribution in [-0.2, 0) is 11.3 Å². The van der Waals surface area contributed by atoms with Crippen LogP contribution in [0, 0.1) is 0 Å². The van der Waals surface area contributed by atoms with Gasteiger partial charge >= 0.3 is 5.97 Å². The Morgan fingerprint density at radius 3 is 2.89 bits per heavy atom. The molecule has 1 N–H and O–H groups in total. The van der Waals surface area contributed by atoms with Crippen LogP contribution < -0.4 is 0 Å². The minimum Gasteiger partial charge on any atom is -0.478 e. The predicted octanol–water partition coefficient (Wildman–Crippen LogP) is 3.16. The number of unbranched alkanes of at least 4 members (excludes halogenated alkanes) is 1. The van der Waals surface area contributed by atoms with Crippen molar-refractivity contribution in [3.8, 4) is 0 Å². The van der Waals surface area contributed by atoms with Gasteiger partial charge in [0.2, 0.25) is 0 Å². The largest absolute Gasteiger partial charge is 0.478 e. The SMILES string of the molecule is CCCCOCCn1ccc2cc(C(=O)O)ccc21. The Bertz CT molecular complexity index is 560. The second-order valence-electron chi connectivity index (χ2n) is 4.55. The quantitative estimate of drug-likeness (QED) is 0.779. The van der Waals surface area contributed by atoms with E-state index in [2.05, 4.69) is 11.5 Å². The molecule has 4 heteroatoms. The Balaban J connectivity index is 2.02. The van der Waals surface area contributed by atoms with E-state index in [9.17, 15) is 4.79 Å². The fourth-order valence-corrected chi connectivity index (χ4v) is 2.04. The number of nitrogens with zero attached hydrogens (tertiary/aromatic N) is 1. The Hall–Kier alpha value is -1.81. The maximum atomic E-state index is 10.9. The average Bonchev–Trinajstić information content (AvgIpc) is 2.81. The maximum absolute atomic E-state index is 10.9. The lowest BCUT2D eigenvalue weighted by Gasteiger charge is -2.06. The minimum atomic E-state index is -0.891. The van der Waals surface area contributed by atoms with Gasteiger partial charge in [-0.25, -0.2) is 4.79 Å². The first-order valence-electron chi connectivity index (χ1n) is 6.62. The summed E-state index contributed by atoms with van der Waals surface area (Å²) in [5, 5.41) is 9.90. The highest BCUT2D eigenvalue weighted by Crippen LogP contribution is 2.17. The molecule has 19 heavy (non-hydrogen) atoms. The Morgan fingerprint density at radius 2 is 2.16 bits per heavy atom. The highest BCUT2D eigenvalue weighted by Gasteiger charge is 2.06. The zero-order valence-corrected chi connectivity index (χ0v) is 11.1. The summed E-state index contributed by atoms with van der Waals surface area (Å²) >= 11 is 0. The Labute approximate surface area is 112 Å². The van der Waals surface area contributed by atoms with E-state index < -0.39 is 5.97 Å². The number of fused-ring (bicyclic) bond motifs is 1. The average molecular weight is 261 g/mol. The lowest BCUT2D eigenvalue weighted by Crippen LogP contribution is -2.05. The first-order valence-corrected chi connectivity index (χ1v) is 6.62. The van der Waals surface area contributed by atoms with Crippen LogP contribution in [-0.4, -0.2) is 28.9 Å². The lowest BCUT2D eigenvalue weighted by atomic mass is 10.1. The van der Waals surface area contributed by atoms with Gasteiger partial charge in [0.15, 0.2) is 0 Å². The number of hydrogen-bond donors (Lipinski definition) is 1. The summed E-state index contributed by atoms with van der Waals surface area (Å²) in [7, 11) is 0. The molecule has 102 valence electrons. The molecule has 0 saturated heterocycles. The molecule has 4 nitrogen and oxygen atoms in total. The number of hydrogen-bond acceptors (Lipinski definition) is 2. The van der Waals surface area contributed by atoms with Crippen molar-refractivity contribution in [2.24, 2.45) is 0 Å². The molecule has 0 saturated carbocycles. The van der Waals surface area contributed by atoms with E-state index in [0.717, 1.165) is 36.9 Å². The van der Waals surface area contributed by atoms with Crippen molar-refractivity contribution in [1.82, 2.24) is 4.57 Å². The van der Waals surface area contributed by atoms with Crippen molar-refractivity contribution in [1.29, 1.82) is 0 Å². The van der Waals surface area contributed by atoms with Gasteiger partial charge in [-0.1, -0.05) is 13.3 Å². The molecule has 0 unspecified atom stereocenters. The van der Waals surface area contributed by atoms with Crippen molar-refractivity contribution < 1.29 is 14.6 Å². The molecule has 0 aliphatic rings. The van der Waals surface area contributed by atoms with Gasteiger partial charge in [-0.15, -0.1) is 0 Å². The fraction of sp³-hybridized carbons (Fsp3) is 0.400. The summed E-state index contributed by atoms with van der Waals surface area (Å²) in [6, 6.07) is 7.13. The van der Waals surface area contributed by atoms with E-state index in [1.807, 2.05) is 18.3 Å². The van der Waals surface area contributed by atoms with Gasteiger partial charge in [0.05, 0.1) is 12.2 Å². The highest BCUT2D eigenvalue weighted by atomic mass is 16.5. The number of rotatable bonds is 7. The number of benzene rings is 1. The van der Waals surface area contributed by atoms with Crippen molar-refractivity contribution >= 4 is 16.9 Å². The number of carboxylic acids is 1. The summed E-state index contributed by atoms with van der Waals surface area (Å²) in [5.41, 5.74) is 1.37. The summed E-state index contributed by atoms with van der Waals surface area (Å²) < 4.78 is 7.63. The summed E-state index contributed by atoms with van der Waals surface area (Å²) in [6.45, 7) is 4.42. The smallest absolute Gasteiger partial charge is 0.335 e. The van der Waals surface area contributed by atoms with Crippen LogP contribution in [0.25, 0.3) is 10.9 Å². The van der Waals surface area contributed by atoms with Crippen LogP contribution in [0.15, 0.2) is 30.5 Å². The van der Waals surface area contributed by atoms with Gasteiger partial charge in [-0.3, -0.25) is 0 Å². The third kappa shape index (κ3) is 3.35. The molecule has 0 atom stereocenters. The fourth-order valence-electron chi connectivity index (χ4n) is 2.04. The molecule has 0 bridgehead atoms. The first kappa shape index (κ1) is 13.6. The molecule has 2 rings (SSSR count). The number of carbonyl (C=O) groups is 1. The molecule has 1 heterocycles. The van der Waals surface area contributed by atoms with Crippen LogP contribution in [0.3, 0.4) is 0 Å². The number of aromatic nitrogens is 1. The third-order valence-corrected chi connectivity index (χ3v) is 3.14. The molecule has 0 spiro atoms. The molecular formula is C15H19NO3. The summed E-state index contributed by atoms with van der Waals surface area (Å²) in [6.07, 6.45) is 4.21. The van der Waals surface area contributed by atoms with Gasteiger partial charge in [0, 0.05) is 30.3 Å². The number of carboxylic acid groups (broad SMARTS) is 1. The second kappa shape index (κ2) is 6.38. The molecule has 1 aromatic carbocycles. The number of aromatic carboxylic acids is 1. The second-order valence-corrected chi connectivity index (χ2v) is 4.55. The molecule has 0 aliphatic carbocycles. The standard InChI is InChI=1S/C15H19NO3/c1-2-3-9-19-10-8-16-7-6-12-11-13(15(17)18)4-5-14(12)16/h4-7,11H,2-3,8-10H2,1H3,(H,17,18). The van der Waals surface area contributed by atoms with Gasteiger partial charge in [-0.05, 0) is 30.7 Å². The predicted molar refractivity (Wildman–Crippen MR) is 74.6 cm³/mol. The molecule has 1 aromatic heterocycles. The van der Waals surface area contributed by atoms with Crippen LogP contribution >= 0.6 is 0 Å². The van der Waals surface area contributed by atoms with Gasteiger partial charge in [0.25, 0.3) is 0 Å². The molecular weight excluding hydrogens is 242 g/mol. The van der Waals surface area contributed by atoms with Crippen LogP contribution in [0.2, 0.25) is 0 Å². The number of ether oxygens (including phenoxy) is 1. The van der Waals surface area contributed by atoms with E-state index in [4.69, 9.17) is 9.84 Å². The van der Waals surface area contributed by atoms with E-state index >= 15 is 0 Å². The highest BCUT2D eigenvalue weighted by molar-refractivity contribution is 5.93. The van der Waals surface area contributed by atoms with Crippen molar-refractivity contribution in [2.75, 3.05) is 13.2 Å². The monoisotopic (exact) mass is 261 g/mol. The normalized spacial score (nSPS) is 11.0. The molecule has 2 aromatic rings. The van der Waals surface area contributed by atoms with Crippen LogP contribution in [0.1, 0.15) is 30.1 Å². The molecule has 0 aliphatic heterocycles. The van der Waals surface area contributed by atoms with E-state index in [1.165, 1.54) is 0 Å². The third-order valence-electron chi connectivity index (χ3n) is 3.14. The topological polar surface area (TPSA) is 51.5 Å². The Morgan fingerprint density at radius 1 is 1.32 bits per heavy atom. The zero-order valence-electron chi connectivity index (χ0n) is 11.1. The summed E-state index contributed by atoms with van der Waals surface area (Å²) in [4.78, 5) is 10.9. The van der Waals surface area contributed by atoms with Gasteiger partial charge < -0.3 is 14.4 Å². The summed E-state index contributed by atoms with van der Waals surface area (Å²) in [5.74, 6) is -0.891. The van der Waals surface area contributed by atoms with Crippen molar-refractivity contribution in [2.45, 2.75) is 26.3 Å². The van der Waals surface area contributed by atoms with Crippen molar-refractivity contribution in [3.05, 3.63) is 36.0 Å².